The maximum Gasteiger partial charge on any atom is 0.311 e. The largest absolute Gasteiger partial charge is 0.469 e. The molecule has 1 aliphatic heterocycles. The van der Waals surface area contributed by atoms with Crippen LogP contribution >= 0.6 is 22.6 Å². The molecule has 1 amide bonds. The summed E-state index contributed by atoms with van der Waals surface area (Å²) in [7, 11) is 1.35. The summed E-state index contributed by atoms with van der Waals surface area (Å²) >= 11 is 2.25. The van der Waals surface area contributed by atoms with Gasteiger partial charge >= 0.3 is 5.97 Å². The third-order valence-corrected chi connectivity index (χ3v) is 4.32. The lowest BCUT2D eigenvalue weighted by Crippen LogP contribution is -2.26. The Hall–Kier alpha value is -1.11. The zero-order valence-corrected chi connectivity index (χ0v) is 12.4. The average Bonchev–Trinajstić information content (AvgIpc) is 2.74. The third kappa shape index (κ3) is 2.50. The molecule has 5 heteroatoms. The molecular weight excluding hydrogens is 345 g/mol. The molecule has 1 unspecified atom stereocenters. The molecule has 2 rings (SSSR count). The Labute approximate surface area is 119 Å². The Morgan fingerprint density at radius 3 is 2.83 bits per heavy atom. The summed E-state index contributed by atoms with van der Waals surface area (Å²) in [5, 5.41) is 0. The minimum absolute atomic E-state index is 0.0222. The Kier molecular flexibility index (Phi) is 3.89. The number of hydrogen-bond donors (Lipinski definition) is 0. The highest BCUT2D eigenvalue weighted by atomic mass is 127. The van der Waals surface area contributed by atoms with Crippen molar-refractivity contribution in [3.63, 3.8) is 0 Å². The molecule has 0 spiro atoms. The van der Waals surface area contributed by atoms with Gasteiger partial charge in [0.05, 0.1) is 13.0 Å². The summed E-state index contributed by atoms with van der Waals surface area (Å²) in [6.45, 7) is 2.41. The SMILES string of the molecule is COC(=O)C1CC(=O)N(c2ccc(I)c(C)c2)C1. The van der Waals surface area contributed by atoms with Gasteiger partial charge < -0.3 is 9.64 Å². The Morgan fingerprint density at radius 1 is 1.50 bits per heavy atom. The van der Waals surface area contributed by atoms with Crippen LogP contribution in [0.1, 0.15) is 12.0 Å². The standard InChI is InChI=1S/C13H14INO3/c1-8-5-10(3-4-11(8)14)15-7-9(6-12(15)16)13(17)18-2/h3-5,9H,6-7H2,1-2H3. The van der Waals surface area contributed by atoms with Gasteiger partial charge in [0, 0.05) is 22.2 Å². The van der Waals surface area contributed by atoms with E-state index in [1.54, 1.807) is 4.90 Å². The number of esters is 1. The maximum absolute atomic E-state index is 11.9. The van der Waals surface area contributed by atoms with Gasteiger partial charge in [0.25, 0.3) is 0 Å². The molecule has 18 heavy (non-hydrogen) atoms. The summed E-state index contributed by atoms with van der Waals surface area (Å²) in [6, 6.07) is 5.86. The first-order chi connectivity index (χ1) is 8.52. The molecular formula is C13H14INO3. The summed E-state index contributed by atoms with van der Waals surface area (Å²) in [5.74, 6) is -0.679. The highest BCUT2D eigenvalue weighted by molar-refractivity contribution is 14.1. The number of aryl methyl sites for hydroxylation is 1. The number of amides is 1. The second-order valence-electron chi connectivity index (χ2n) is 4.36. The second-order valence-corrected chi connectivity index (χ2v) is 5.52. The molecule has 1 aliphatic rings. The lowest BCUT2D eigenvalue weighted by molar-refractivity contribution is -0.145. The van der Waals surface area contributed by atoms with Crippen molar-refractivity contribution in [3.8, 4) is 0 Å². The highest BCUT2D eigenvalue weighted by Gasteiger charge is 2.35. The molecule has 0 aromatic heterocycles. The lowest BCUT2D eigenvalue weighted by atomic mass is 10.1. The van der Waals surface area contributed by atoms with E-state index in [0.717, 1.165) is 14.8 Å². The Morgan fingerprint density at radius 2 is 2.22 bits per heavy atom. The Balaban J connectivity index is 2.21. The van der Waals surface area contributed by atoms with E-state index in [0.29, 0.717) is 6.54 Å². The van der Waals surface area contributed by atoms with Crippen molar-refractivity contribution >= 4 is 40.2 Å². The fourth-order valence-electron chi connectivity index (χ4n) is 2.08. The van der Waals surface area contributed by atoms with E-state index >= 15 is 0 Å². The van der Waals surface area contributed by atoms with Crippen molar-refractivity contribution in [3.05, 3.63) is 27.3 Å². The van der Waals surface area contributed by atoms with Crippen LogP contribution in [-0.4, -0.2) is 25.5 Å². The molecule has 1 atom stereocenters. The predicted molar refractivity (Wildman–Crippen MR) is 76.4 cm³/mol. The van der Waals surface area contributed by atoms with Crippen molar-refractivity contribution in [2.24, 2.45) is 5.92 Å². The zero-order chi connectivity index (χ0) is 13.3. The zero-order valence-electron chi connectivity index (χ0n) is 10.3. The number of carbonyl (C=O) groups excluding carboxylic acids is 2. The fourth-order valence-corrected chi connectivity index (χ4v) is 2.41. The van der Waals surface area contributed by atoms with Gasteiger partial charge in [0.15, 0.2) is 0 Å². The van der Waals surface area contributed by atoms with Gasteiger partial charge in [0.2, 0.25) is 5.91 Å². The molecule has 1 fully saturated rings. The number of methoxy groups -OCH3 is 1. The van der Waals surface area contributed by atoms with Crippen molar-refractivity contribution in [2.75, 3.05) is 18.6 Å². The monoisotopic (exact) mass is 359 g/mol. The van der Waals surface area contributed by atoms with E-state index in [-0.39, 0.29) is 24.2 Å². The summed E-state index contributed by atoms with van der Waals surface area (Å²) in [5.41, 5.74) is 1.98. The number of rotatable bonds is 2. The first-order valence-corrected chi connectivity index (χ1v) is 6.75. The quantitative estimate of drug-likeness (QED) is 0.601. The minimum Gasteiger partial charge on any atom is -0.469 e. The van der Waals surface area contributed by atoms with Crippen LogP contribution in [-0.2, 0) is 14.3 Å². The molecule has 1 aromatic carbocycles. The number of hydrogen-bond acceptors (Lipinski definition) is 3. The molecule has 1 heterocycles. The normalized spacial score (nSPS) is 19.2. The highest BCUT2D eigenvalue weighted by Crippen LogP contribution is 2.27. The molecule has 96 valence electrons. The second kappa shape index (κ2) is 5.26. The van der Waals surface area contributed by atoms with E-state index in [2.05, 4.69) is 22.6 Å². The lowest BCUT2D eigenvalue weighted by Gasteiger charge is -2.17. The van der Waals surface area contributed by atoms with Crippen LogP contribution in [0, 0.1) is 16.4 Å². The third-order valence-electron chi connectivity index (χ3n) is 3.11. The smallest absolute Gasteiger partial charge is 0.311 e. The summed E-state index contributed by atoms with van der Waals surface area (Å²) < 4.78 is 5.85. The van der Waals surface area contributed by atoms with Gasteiger partial charge in [-0.1, -0.05) is 0 Å². The average molecular weight is 359 g/mol. The van der Waals surface area contributed by atoms with E-state index in [9.17, 15) is 9.59 Å². The van der Waals surface area contributed by atoms with Crippen molar-refractivity contribution < 1.29 is 14.3 Å². The van der Waals surface area contributed by atoms with E-state index in [1.807, 2.05) is 25.1 Å². The molecule has 0 bridgehead atoms. The maximum atomic E-state index is 11.9. The molecule has 1 saturated heterocycles. The summed E-state index contributed by atoms with van der Waals surface area (Å²) in [4.78, 5) is 25.0. The van der Waals surface area contributed by atoms with Gasteiger partial charge in [-0.25, -0.2) is 0 Å². The van der Waals surface area contributed by atoms with Crippen molar-refractivity contribution in [1.29, 1.82) is 0 Å². The van der Waals surface area contributed by atoms with Gasteiger partial charge in [-0.15, -0.1) is 0 Å². The summed E-state index contributed by atoms with van der Waals surface area (Å²) in [6.07, 6.45) is 0.234. The number of ether oxygens (including phenoxy) is 1. The fraction of sp³-hybridized carbons (Fsp3) is 0.385. The molecule has 0 N–H and O–H groups in total. The number of benzene rings is 1. The van der Waals surface area contributed by atoms with Crippen LogP contribution in [0.3, 0.4) is 0 Å². The van der Waals surface area contributed by atoms with Crippen LogP contribution in [0.4, 0.5) is 5.69 Å². The van der Waals surface area contributed by atoms with Crippen LogP contribution in [0.15, 0.2) is 18.2 Å². The van der Waals surface area contributed by atoms with E-state index in [1.165, 1.54) is 7.11 Å². The molecule has 0 radical (unpaired) electrons. The van der Waals surface area contributed by atoms with Crippen LogP contribution in [0.25, 0.3) is 0 Å². The van der Waals surface area contributed by atoms with Gasteiger partial charge in [0.1, 0.15) is 0 Å². The molecule has 0 saturated carbocycles. The molecule has 1 aromatic rings. The first-order valence-electron chi connectivity index (χ1n) is 5.67. The van der Waals surface area contributed by atoms with E-state index in [4.69, 9.17) is 4.74 Å². The number of anilines is 1. The van der Waals surface area contributed by atoms with Gasteiger partial charge in [-0.05, 0) is 53.3 Å². The van der Waals surface area contributed by atoms with Gasteiger partial charge in [-0.3, -0.25) is 9.59 Å². The van der Waals surface area contributed by atoms with Gasteiger partial charge in [-0.2, -0.15) is 0 Å². The van der Waals surface area contributed by atoms with Crippen LogP contribution < -0.4 is 4.90 Å². The van der Waals surface area contributed by atoms with Crippen molar-refractivity contribution in [2.45, 2.75) is 13.3 Å². The van der Waals surface area contributed by atoms with Crippen LogP contribution in [0.5, 0.6) is 0 Å². The predicted octanol–water partition coefficient (Wildman–Crippen LogP) is 2.13. The molecule has 4 nitrogen and oxygen atoms in total. The van der Waals surface area contributed by atoms with E-state index < -0.39 is 0 Å². The van der Waals surface area contributed by atoms with Crippen LogP contribution in [0.2, 0.25) is 0 Å². The topological polar surface area (TPSA) is 46.6 Å². The number of halogens is 1. The number of nitrogens with zero attached hydrogens (tertiary/aromatic N) is 1. The number of carbonyl (C=O) groups is 2. The molecule has 0 aliphatic carbocycles. The minimum atomic E-state index is -0.345. The van der Waals surface area contributed by atoms with Crippen molar-refractivity contribution in [1.82, 2.24) is 0 Å². The first kappa shape index (κ1) is 13.3. The Bertz CT molecular complexity index is 501.